The molecule has 1 saturated heterocycles. The third-order valence-electron chi connectivity index (χ3n) is 2.91. The Hall–Kier alpha value is -0.930. The Bertz CT molecular complexity index is 394. The molecule has 19 heavy (non-hydrogen) atoms. The van der Waals surface area contributed by atoms with Crippen molar-refractivity contribution in [1.82, 2.24) is 4.90 Å². The van der Waals surface area contributed by atoms with E-state index in [-0.39, 0.29) is 5.60 Å². The Morgan fingerprint density at radius 1 is 1.16 bits per heavy atom. The summed E-state index contributed by atoms with van der Waals surface area (Å²) in [5.74, 6) is 3.12. The number of rotatable bonds is 5. The first-order chi connectivity index (χ1) is 8.96. The molecule has 106 valence electrons. The average molecular weight is 284 g/mol. The highest BCUT2D eigenvalue weighted by Gasteiger charge is 2.25. The van der Waals surface area contributed by atoms with Gasteiger partial charge in [-0.05, 0) is 51.0 Å². The van der Waals surface area contributed by atoms with Crippen LogP contribution in [0.15, 0.2) is 24.3 Å². The lowest BCUT2D eigenvalue weighted by Gasteiger charge is -2.37. The van der Waals surface area contributed by atoms with Crippen molar-refractivity contribution in [2.24, 2.45) is 5.92 Å². The second-order valence-electron chi connectivity index (χ2n) is 6.02. The van der Waals surface area contributed by atoms with E-state index >= 15 is 0 Å². The molecular formula is C15H22ClNO2. The van der Waals surface area contributed by atoms with Crippen LogP contribution in [-0.2, 0) is 0 Å². The van der Waals surface area contributed by atoms with E-state index in [0.29, 0.717) is 12.6 Å². The monoisotopic (exact) mass is 283 g/mol. The molecule has 1 aliphatic heterocycles. The molecule has 0 atom stereocenters. The van der Waals surface area contributed by atoms with Crippen molar-refractivity contribution in [3.05, 3.63) is 24.3 Å². The Morgan fingerprint density at radius 3 is 2.26 bits per heavy atom. The van der Waals surface area contributed by atoms with Gasteiger partial charge in [0.05, 0.1) is 0 Å². The number of ether oxygens (including phenoxy) is 2. The van der Waals surface area contributed by atoms with Crippen molar-refractivity contribution in [3.63, 3.8) is 0 Å². The van der Waals surface area contributed by atoms with E-state index in [0.717, 1.165) is 30.5 Å². The summed E-state index contributed by atoms with van der Waals surface area (Å²) in [7, 11) is 0. The van der Waals surface area contributed by atoms with Gasteiger partial charge in [0, 0.05) is 19.0 Å². The zero-order chi connectivity index (χ0) is 13.9. The standard InChI is InChI=1S/C15H22ClNO2/c1-15(2,3)19-14-6-4-13(5-7-14)18-11-17-9-12(8-16)10-17/h4-7,12H,8-11H2,1-3H3. The predicted octanol–water partition coefficient (Wildman–Crippen LogP) is 3.37. The topological polar surface area (TPSA) is 21.7 Å². The van der Waals surface area contributed by atoms with E-state index in [9.17, 15) is 0 Å². The van der Waals surface area contributed by atoms with E-state index < -0.39 is 0 Å². The molecule has 0 aliphatic carbocycles. The smallest absolute Gasteiger partial charge is 0.142 e. The van der Waals surface area contributed by atoms with Gasteiger partial charge < -0.3 is 9.47 Å². The van der Waals surface area contributed by atoms with Gasteiger partial charge in [-0.25, -0.2) is 0 Å². The first-order valence-corrected chi connectivity index (χ1v) is 7.20. The first-order valence-electron chi connectivity index (χ1n) is 6.66. The summed E-state index contributed by atoms with van der Waals surface area (Å²) in [5, 5.41) is 0. The van der Waals surface area contributed by atoms with Gasteiger partial charge in [0.1, 0.15) is 23.8 Å². The van der Waals surface area contributed by atoms with Crippen molar-refractivity contribution >= 4 is 11.6 Å². The van der Waals surface area contributed by atoms with Gasteiger partial charge >= 0.3 is 0 Å². The third kappa shape index (κ3) is 4.59. The number of alkyl halides is 1. The summed E-state index contributed by atoms with van der Waals surface area (Å²) < 4.78 is 11.5. The lowest BCUT2D eigenvalue weighted by atomic mass is 10.0. The van der Waals surface area contributed by atoms with Crippen LogP contribution in [0.3, 0.4) is 0 Å². The number of hydrogen-bond acceptors (Lipinski definition) is 3. The minimum atomic E-state index is -0.170. The second-order valence-corrected chi connectivity index (χ2v) is 6.32. The first kappa shape index (κ1) is 14.5. The van der Waals surface area contributed by atoms with Gasteiger partial charge in [-0.3, -0.25) is 4.90 Å². The maximum Gasteiger partial charge on any atom is 0.142 e. The van der Waals surface area contributed by atoms with Crippen LogP contribution in [0.25, 0.3) is 0 Å². The van der Waals surface area contributed by atoms with Crippen molar-refractivity contribution < 1.29 is 9.47 Å². The molecule has 0 spiro atoms. The van der Waals surface area contributed by atoms with Crippen LogP contribution in [-0.4, -0.2) is 36.2 Å². The molecule has 0 amide bonds. The molecule has 1 aromatic carbocycles. The van der Waals surface area contributed by atoms with Crippen LogP contribution in [0.2, 0.25) is 0 Å². The summed E-state index contributed by atoms with van der Waals surface area (Å²) in [6.07, 6.45) is 0. The second kappa shape index (κ2) is 6.02. The van der Waals surface area contributed by atoms with Gasteiger partial charge in [0.25, 0.3) is 0 Å². The van der Waals surface area contributed by atoms with Gasteiger partial charge in [0.15, 0.2) is 0 Å². The maximum absolute atomic E-state index is 5.77. The number of halogens is 1. The quantitative estimate of drug-likeness (QED) is 0.774. The molecule has 1 fully saturated rings. The summed E-state index contributed by atoms with van der Waals surface area (Å²) in [6.45, 7) is 8.81. The van der Waals surface area contributed by atoms with Crippen LogP contribution in [0, 0.1) is 5.92 Å². The van der Waals surface area contributed by atoms with Crippen molar-refractivity contribution in [2.75, 3.05) is 25.7 Å². The maximum atomic E-state index is 5.77. The number of benzene rings is 1. The Balaban J connectivity index is 1.76. The fourth-order valence-electron chi connectivity index (χ4n) is 2.00. The van der Waals surface area contributed by atoms with Crippen molar-refractivity contribution in [3.8, 4) is 11.5 Å². The number of likely N-dealkylation sites (tertiary alicyclic amines) is 1. The molecule has 1 aromatic rings. The molecule has 3 nitrogen and oxygen atoms in total. The van der Waals surface area contributed by atoms with E-state index in [1.165, 1.54) is 0 Å². The lowest BCUT2D eigenvalue weighted by Crippen LogP contribution is -2.49. The molecule has 2 rings (SSSR count). The Morgan fingerprint density at radius 2 is 1.74 bits per heavy atom. The molecule has 0 aromatic heterocycles. The van der Waals surface area contributed by atoms with Crippen LogP contribution in [0.1, 0.15) is 20.8 Å². The SMILES string of the molecule is CC(C)(C)Oc1ccc(OCN2CC(CCl)C2)cc1. The Kier molecular flexibility index (Phi) is 4.58. The molecule has 0 unspecified atom stereocenters. The van der Waals surface area contributed by atoms with Crippen LogP contribution < -0.4 is 9.47 Å². The van der Waals surface area contributed by atoms with E-state index in [1.54, 1.807) is 0 Å². The molecule has 0 radical (unpaired) electrons. The molecular weight excluding hydrogens is 262 g/mol. The van der Waals surface area contributed by atoms with E-state index in [1.807, 2.05) is 45.0 Å². The highest BCUT2D eigenvalue weighted by molar-refractivity contribution is 6.18. The average Bonchev–Trinajstić information content (AvgIpc) is 2.27. The fourth-order valence-corrected chi connectivity index (χ4v) is 2.20. The minimum Gasteiger partial charge on any atom is -0.488 e. The normalized spacial score (nSPS) is 17.1. The number of nitrogens with zero attached hydrogens (tertiary/aromatic N) is 1. The zero-order valence-corrected chi connectivity index (χ0v) is 12.6. The number of hydrogen-bond donors (Lipinski definition) is 0. The molecule has 0 saturated carbocycles. The summed E-state index contributed by atoms with van der Waals surface area (Å²) >= 11 is 5.77. The van der Waals surface area contributed by atoms with Gasteiger partial charge in [-0.1, -0.05) is 0 Å². The Labute approximate surface area is 120 Å². The van der Waals surface area contributed by atoms with E-state index in [2.05, 4.69) is 4.90 Å². The third-order valence-corrected chi connectivity index (χ3v) is 3.35. The molecule has 0 bridgehead atoms. The van der Waals surface area contributed by atoms with Gasteiger partial charge in [-0.2, -0.15) is 0 Å². The fraction of sp³-hybridized carbons (Fsp3) is 0.600. The molecule has 0 N–H and O–H groups in total. The minimum absolute atomic E-state index is 0.170. The van der Waals surface area contributed by atoms with Crippen LogP contribution in [0.5, 0.6) is 11.5 Å². The van der Waals surface area contributed by atoms with Crippen molar-refractivity contribution in [1.29, 1.82) is 0 Å². The van der Waals surface area contributed by atoms with Crippen LogP contribution >= 0.6 is 11.6 Å². The summed E-state index contributed by atoms with van der Waals surface area (Å²) in [6, 6.07) is 7.77. The molecule has 4 heteroatoms. The van der Waals surface area contributed by atoms with Crippen LogP contribution in [0.4, 0.5) is 0 Å². The summed E-state index contributed by atoms with van der Waals surface area (Å²) in [5.41, 5.74) is -0.170. The predicted molar refractivity (Wildman–Crippen MR) is 78.1 cm³/mol. The molecule has 1 aliphatic rings. The largest absolute Gasteiger partial charge is 0.488 e. The summed E-state index contributed by atoms with van der Waals surface area (Å²) in [4.78, 5) is 2.24. The zero-order valence-electron chi connectivity index (χ0n) is 11.9. The molecule has 1 heterocycles. The van der Waals surface area contributed by atoms with E-state index in [4.69, 9.17) is 21.1 Å². The van der Waals surface area contributed by atoms with Crippen molar-refractivity contribution in [2.45, 2.75) is 26.4 Å². The highest BCUT2D eigenvalue weighted by atomic mass is 35.5. The lowest BCUT2D eigenvalue weighted by molar-refractivity contribution is 0.0341. The van der Waals surface area contributed by atoms with Gasteiger partial charge in [0.2, 0.25) is 0 Å². The van der Waals surface area contributed by atoms with Gasteiger partial charge in [-0.15, -0.1) is 11.6 Å². The highest BCUT2D eigenvalue weighted by Crippen LogP contribution is 2.22.